The Hall–Kier alpha value is -2.55. The first-order valence-corrected chi connectivity index (χ1v) is 11.8. The fourth-order valence-corrected chi connectivity index (χ4v) is 4.89. The Morgan fingerprint density at radius 3 is 2.66 bits per heavy atom. The van der Waals surface area contributed by atoms with Gasteiger partial charge in [-0.2, -0.15) is 0 Å². The van der Waals surface area contributed by atoms with Crippen LogP contribution in [0.4, 0.5) is 0 Å². The van der Waals surface area contributed by atoms with Crippen molar-refractivity contribution in [1.82, 2.24) is 19.9 Å². The number of hydrogen-bond acceptors (Lipinski definition) is 6. The Balaban J connectivity index is 1.48. The summed E-state index contributed by atoms with van der Waals surface area (Å²) >= 11 is 1.65. The first-order chi connectivity index (χ1) is 15.1. The van der Waals surface area contributed by atoms with E-state index in [9.17, 15) is 9.90 Å². The SMILES string of the molecule is Cc1ncsc1-c1ccc(Cc2cnc(C3C[C@@H](O)CN3C(=O)[C@@H](N)C(C)(C)C)[nH]2)cc1. The topological polar surface area (TPSA) is 108 Å². The number of aliphatic hydroxyl groups is 1. The summed E-state index contributed by atoms with van der Waals surface area (Å²) < 4.78 is 0. The maximum atomic E-state index is 13.0. The second kappa shape index (κ2) is 8.77. The van der Waals surface area contributed by atoms with Crippen molar-refractivity contribution < 1.29 is 9.90 Å². The second-order valence-corrected chi connectivity index (χ2v) is 10.5. The number of aryl methyl sites for hydroxylation is 1. The Morgan fingerprint density at radius 1 is 1.31 bits per heavy atom. The van der Waals surface area contributed by atoms with Crippen molar-refractivity contribution in [1.29, 1.82) is 0 Å². The number of nitrogens with one attached hydrogen (secondary N) is 1. The van der Waals surface area contributed by atoms with Gasteiger partial charge in [-0.25, -0.2) is 9.97 Å². The molecule has 0 saturated carbocycles. The number of aromatic amines is 1. The molecule has 1 unspecified atom stereocenters. The van der Waals surface area contributed by atoms with Gasteiger partial charge in [-0.05, 0) is 23.5 Å². The quantitative estimate of drug-likeness (QED) is 0.548. The molecule has 3 atom stereocenters. The monoisotopic (exact) mass is 453 g/mol. The van der Waals surface area contributed by atoms with Gasteiger partial charge in [0.1, 0.15) is 5.82 Å². The van der Waals surface area contributed by atoms with E-state index in [2.05, 4.69) is 39.2 Å². The fourth-order valence-electron chi connectivity index (χ4n) is 4.07. The van der Waals surface area contributed by atoms with Crippen molar-refractivity contribution in [2.24, 2.45) is 11.1 Å². The lowest BCUT2D eigenvalue weighted by Gasteiger charge is -2.32. The number of hydrogen-bond donors (Lipinski definition) is 3. The lowest BCUT2D eigenvalue weighted by Crippen LogP contribution is -2.50. The molecule has 0 spiro atoms. The molecular weight excluding hydrogens is 422 g/mol. The zero-order valence-electron chi connectivity index (χ0n) is 19.0. The van der Waals surface area contributed by atoms with Crippen molar-refractivity contribution >= 4 is 17.2 Å². The highest BCUT2D eigenvalue weighted by Gasteiger charge is 2.41. The number of amides is 1. The molecule has 4 N–H and O–H groups in total. The summed E-state index contributed by atoms with van der Waals surface area (Å²) in [6, 6.07) is 7.55. The standard InChI is InChI=1S/C24H31N5O2S/c1-14-20(32-13-27-14)16-7-5-15(6-8-16)9-17-11-26-22(28-17)19-10-18(30)12-29(19)23(31)21(25)24(2,3)4/h5-8,11,13,18-19,21,30H,9-10,12,25H2,1-4H3,(H,26,28)/t18-,19?,21-/m1/s1. The highest BCUT2D eigenvalue weighted by atomic mass is 32.1. The molecule has 2 aromatic heterocycles. The van der Waals surface area contributed by atoms with E-state index >= 15 is 0 Å². The number of likely N-dealkylation sites (tertiary alicyclic amines) is 1. The lowest BCUT2D eigenvalue weighted by molar-refractivity contribution is -0.136. The minimum Gasteiger partial charge on any atom is -0.391 e. The summed E-state index contributed by atoms with van der Waals surface area (Å²) in [7, 11) is 0. The number of aromatic nitrogens is 3. The van der Waals surface area contributed by atoms with E-state index in [4.69, 9.17) is 5.73 Å². The predicted octanol–water partition coefficient (Wildman–Crippen LogP) is 3.44. The van der Waals surface area contributed by atoms with Crippen LogP contribution in [0.5, 0.6) is 0 Å². The van der Waals surface area contributed by atoms with Crippen molar-refractivity contribution in [3.63, 3.8) is 0 Å². The number of carbonyl (C=O) groups is 1. The van der Waals surface area contributed by atoms with E-state index in [-0.39, 0.29) is 23.9 Å². The average molecular weight is 454 g/mol. The third-order valence-electron chi connectivity index (χ3n) is 6.08. The van der Waals surface area contributed by atoms with Gasteiger partial charge in [0, 0.05) is 31.3 Å². The van der Waals surface area contributed by atoms with Gasteiger partial charge in [-0.15, -0.1) is 11.3 Å². The minimum absolute atomic E-state index is 0.147. The van der Waals surface area contributed by atoms with Crippen molar-refractivity contribution in [2.75, 3.05) is 6.54 Å². The smallest absolute Gasteiger partial charge is 0.240 e. The van der Waals surface area contributed by atoms with E-state index in [1.807, 2.05) is 39.4 Å². The Bertz CT molecular complexity index is 1080. The zero-order chi connectivity index (χ0) is 23.0. The predicted molar refractivity (Wildman–Crippen MR) is 126 cm³/mol. The first kappa shape index (κ1) is 22.6. The van der Waals surface area contributed by atoms with E-state index < -0.39 is 12.1 Å². The molecule has 7 nitrogen and oxygen atoms in total. The Morgan fingerprint density at radius 2 is 2.03 bits per heavy atom. The molecule has 1 fully saturated rings. The molecule has 3 heterocycles. The van der Waals surface area contributed by atoms with Crippen LogP contribution in [0.15, 0.2) is 36.0 Å². The molecule has 0 bridgehead atoms. The third-order valence-corrected chi connectivity index (χ3v) is 7.06. The molecule has 4 rings (SSSR count). The van der Waals surface area contributed by atoms with Crippen LogP contribution in [-0.4, -0.2) is 49.6 Å². The summed E-state index contributed by atoms with van der Waals surface area (Å²) in [5.74, 6) is 0.550. The Labute approximate surface area is 192 Å². The summed E-state index contributed by atoms with van der Waals surface area (Å²) in [5.41, 5.74) is 12.1. The van der Waals surface area contributed by atoms with Gasteiger partial charge in [0.15, 0.2) is 0 Å². The van der Waals surface area contributed by atoms with Crippen LogP contribution in [-0.2, 0) is 11.2 Å². The average Bonchev–Trinajstić information content (AvgIpc) is 3.47. The molecular formula is C24H31N5O2S. The second-order valence-electron chi connectivity index (χ2n) is 9.67. The molecule has 0 radical (unpaired) electrons. The zero-order valence-corrected chi connectivity index (χ0v) is 19.8. The maximum absolute atomic E-state index is 13.0. The molecule has 1 saturated heterocycles. The van der Waals surface area contributed by atoms with Gasteiger partial charge in [-0.3, -0.25) is 4.79 Å². The van der Waals surface area contributed by atoms with E-state index in [0.717, 1.165) is 11.4 Å². The largest absolute Gasteiger partial charge is 0.391 e. The van der Waals surface area contributed by atoms with Crippen LogP contribution in [0.25, 0.3) is 10.4 Å². The highest BCUT2D eigenvalue weighted by Crippen LogP contribution is 2.33. The van der Waals surface area contributed by atoms with Gasteiger partial charge < -0.3 is 20.7 Å². The van der Waals surface area contributed by atoms with Crippen LogP contribution in [0.3, 0.4) is 0 Å². The normalized spacial score (nSPS) is 20.0. The van der Waals surface area contributed by atoms with Crippen molar-refractivity contribution in [3.05, 3.63) is 58.7 Å². The maximum Gasteiger partial charge on any atom is 0.240 e. The van der Waals surface area contributed by atoms with Crippen LogP contribution in [0.2, 0.25) is 0 Å². The number of benzene rings is 1. The number of rotatable bonds is 5. The fraction of sp³-hybridized carbons (Fsp3) is 0.458. The summed E-state index contributed by atoms with van der Waals surface area (Å²) in [4.78, 5) is 28.1. The molecule has 8 heteroatoms. The molecule has 1 aliphatic heterocycles. The number of carbonyl (C=O) groups excluding carboxylic acids is 1. The molecule has 1 aromatic carbocycles. The van der Waals surface area contributed by atoms with Crippen LogP contribution >= 0.6 is 11.3 Å². The van der Waals surface area contributed by atoms with Gasteiger partial charge in [0.2, 0.25) is 5.91 Å². The minimum atomic E-state index is -0.634. The molecule has 1 aliphatic rings. The van der Waals surface area contributed by atoms with Gasteiger partial charge in [-0.1, -0.05) is 45.0 Å². The number of β-amino-alcohol motifs (C(OH)–C–C–N with tert-alkyl or cyclic N) is 1. The number of H-pyrrole nitrogens is 1. The van der Waals surface area contributed by atoms with E-state index in [0.29, 0.717) is 18.7 Å². The van der Waals surface area contributed by atoms with Gasteiger partial charge in [0.05, 0.1) is 34.3 Å². The number of nitrogens with zero attached hydrogens (tertiary/aromatic N) is 3. The van der Waals surface area contributed by atoms with Crippen molar-refractivity contribution in [3.8, 4) is 10.4 Å². The van der Waals surface area contributed by atoms with Crippen LogP contribution < -0.4 is 5.73 Å². The summed E-state index contributed by atoms with van der Waals surface area (Å²) in [5, 5.41) is 10.3. The van der Waals surface area contributed by atoms with E-state index in [1.165, 1.54) is 16.0 Å². The van der Waals surface area contributed by atoms with E-state index in [1.54, 1.807) is 16.2 Å². The van der Waals surface area contributed by atoms with Gasteiger partial charge in [0.25, 0.3) is 0 Å². The number of imidazole rings is 1. The third kappa shape index (κ3) is 4.62. The van der Waals surface area contributed by atoms with Crippen LogP contribution in [0, 0.1) is 12.3 Å². The highest BCUT2D eigenvalue weighted by molar-refractivity contribution is 7.13. The van der Waals surface area contributed by atoms with Crippen molar-refractivity contribution in [2.45, 2.75) is 58.7 Å². The summed E-state index contributed by atoms with van der Waals surface area (Å²) in [6.07, 6.45) is 2.40. The molecule has 170 valence electrons. The van der Waals surface area contributed by atoms with Crippen LogP contribution in [0.1, 0.15) is 56.0 Å². The number of nitrogens with two attached hydrogens (primary N) is 1. The summed E-state index contributed by atoms with van der Waals surface area (Å²) in [6.45, 7) is 8.15. The molecule has 3 aromatic rings. The number of aliphatic hydroxyl groups excluding tert-OH is 1. The Kier molecular flexibility index (Phi) is 6.20. The molecule has 1 amide bonds. The first-order valence-electron chi connectivity index (χ1n) is 10.9. The molecule has 32 heavy (non-hydrogen) atoms. The number of thiazole rings is 1. The van der Waals surface area contributed by atoms with Gasteiger partial charge >= 0.3 is 0 Å². The molecule has 0 aliphatic carbocycles. The lowest BCUT2D eigenvalue weighted by atomic mass is 9.86.